The Labute approximate surface area is 160 Å². The molecule has 4 nitrogen and oxygen atoms in total. The molecule has 1 N–H and O–H groups in total. The van der Waals surface area contributed by atoms with E-state index in [1.54, 1.807) is 31.4 Å². The maximum absolute atomic E-state index is 13.5. The average Bonchev–Trinajstić information content (AvgIpc) is 2.70. The van der Waals surface area contributed by atoms with Crippen molar-refractivity contribution in [2.75, 3.05) is 33.4 Å². The van der Waals surface area contributed by atoms with Gasteiger partial charge in [0.2, 0.25) is 0 Å². The van der Waals surface area contributed by atoms with Gasteiger partial charge in [0.25, 0.3) is 0 Å². The molecule has 27 heavy (non-hydrogen) atoms. The Morgan fingerprint density at radius 3 is 2.63 bits per heavy atom. The fourth-order valence-corrected chi connectivity index (χ4v) is 3.56. The van der Waals surface area contributed by atoms with E-state index in [0.29, 0.717) is 24.0 Å². The predicted molar refractivity (Wildman–Crippen MR) is 104 cm³/mol. The molecule has 0 spiro atoms. The number of phenolic OH excluding ortho intramolecular Hbond substituents is 1. The van der Waals surface area contributed by atoms with E-state index in [-0.39, 0.29) is 11.6 Å². The molecule has 146 valence electrons. The lowest BCUT2D eigenvalue weighted by Gasteiger charge is -2.32. The van der Waals surface area contributed by atoms with Gasteiger partial charge in [0.1, 0.15) is 0 Å². The number of piperidine rings is 1. The van der Waals surface area contributed by atoms with Crippen LogP contribution in [-0.2, 0) is 6.42 Å². The minimum absolute atomic E-state index is 0.180. The predicted octanol–water partition coefficient (Wildman–Crippen LogP) is 4.26. The number of aromatic hydroxyl groups is 1. The SMILES string of the molecule is COc1cc(CCN2CCC(CCOc3ccccc3F)CC2)ccc1O. The number of likely N-dealkylation sites (tertiary alicyclic amines) is 1. The van der Waals surface area contributed by atoms with Crippen LogP contribution in [0.2, 0.25) is 0 Å². The quantitative estimate of drug-likeness (QED) is 0.751. The van der Waals surface area contributed by atoms with Crippen LogP contribution >= 0.6 is 0 Å². The highest BCUT2D eigenvalue weighted by atomic mass is 19.1. The maximum atomic E-state index is 13.5. The van der Waals surface area contributed by atoms with Crippen LogP contribution in [0.3, 0.4) is 0 Å². The Kier molecular flexibility index (Phi) is 6.93. The zero-order valence-corrected chi connectivity index (χ0v) is 15.9. The number of rotatable bonds is 8. The third-order valence-electron chi connectivity index (χ3n) is 5.29. The van der Waals surface area contributed by atoms with E-state index in [1.807, 2.05) is 12.1 Å². The van der Waals surface area contributed by atoms with Crippen LogP contribution in [0.4, 0.5) is 4.39 Å². The number of benzene rings is 2. The number of para-hydroxylation sites is 1. The van der Waals surface area contributed by atoms with E-state index >= 15 is 0 Å². The van der Waals surface area contributed by atoms with Gasteiger partial charge in [-0.2, -0.15) is 0 Å². The molecule has 2 aromatic rings. The summed E-state index contributed by atoms with van der Waals surface area (Å²) in [7, 11) is 1.57. The number of hydrogen-bond acceptors (Lipinski definition) is 4. The monoisotopic (exact) mass is 373 g/mol. The molecule has 0 saturated carbocycles. The van der Waals surface area contributed by atoms with Crippen LogP contribution in [0.5, 0.6) is 17.2 Å². The third kappa shape index (κ3) is 5.60. The molecule has 5 heteroatoms. The number of ether oxygens (including phenoxy) is 2. The first-order valence-electron chi connectivity index (χ1n) is 9.61. The zero-order chi connectivity index (χ0) is 19.1. The van der Waals surface area contributed by atoms with E-state index in [9.17, 15) is 9.50 Å². The van der Waals surface area contributed by atoms with E-state index in [4.69, 9.17) is 9.47 Å². The molecule has 0 unspecified atom stereocenters. The molecule has 1 fully saturated rings. The molecule has 1 aliphatic rings. The van der Waals surface area contributed by atoms with Crippen molar-refractivity contribution in [1.29, 1.82) is 0 Å². The molecule has 0 radical (unpaired) electrons. The van der Waals surface area contributed by atoms with Crippen molar-refractivity contribution in [2.24, 2.45) is 5.92 Å². The number of methoxy groups -OCH3 is 1. The van der Waals surface area contributed by atoms with Gasteiger partial charge >= 0.3 is 0 Å². The summed E-state index contributed by atoms with van der Waals surface area (Å²) in [6.07, 6.45) is 4.22. The summed E-state index contributed by atoms with van der Waals surface area (Å²) in [4.78, 5) is 2.48. The Balaban J connectivity index is 1.36. The highest BCUT2D eigenvalue weighted by Crippen LogP contribution is 2.27. The molecule has 0 aromatic heterocycles. The lowest BCUT2D eigenvalue weighted by atomic mass is 9.93. The van der Waals surface area contributed by atoms with E-state index in [1.165, 1.54) is 11.6 Å². The van der Waals surface area contributed by atoms with E-state index in [0.717, 1.165) is 45.3 Å². The fraction of sp³-hybridized carbons (Fsp3) is 0.455. The first kappa shape index (κ1) is 19.5. The molecule has 0 atom stereocenters. The van der Waals surface area contributed by atoms with Crippen LogP contribution in [0, 0.1) is 11.7 Å². The summed E-state index contributed by atoms with van der Waals surface area (Å²) in [5, 5.41) is 9.67. The number of halogens is 1. The number of phenols is 1. The topological polar surface area (TPSA) is 41.9 Å². The van der Waals surface area contributed by atoms with Crippen molar-refractivity contribution >= 4 is 0 Å². The highest BCUT2D eigenvalue weighted by Gasteiger charge is 2.19. The Morgan fingerprint density at radius 2 is 1.89 bits per heavy atom. The largest absolute Gasteiger partial charge is 0.504 e. The molecule has 3 rings (SSSR count). The number of hydrogen-bond donors (Lipinski definition) is 1. The van der Waals surface area contributed by atoms with E-state index < -0.39 is 0 Å². The Hall–Kier alpha value is -2.27. The second kappa shape index (κ2) is 9.60. The Bertz CT molecular complexity index is 729. The van der Waals surface area contributed by atoms with Gasteiger partial charge in [-0.25, -0.2) is 4.39 Å². The van der Waals surface area contributed by atoms with Crippen molar-refractivity contribution in [2.45, 2.75) is 25.7 Å². The smallest absolute Gasteiger partial charge is 0.165 e. The second-order valence-corrected chi connectivity index (χ2v) is 7.11. The van der Waals surface area contributed by atoms with Gasteiger partial charge in [0.05, 0.1) is 13.7 Å². The first-order valence-corrected chi connectivity index (χ1v) is 9.61. The van der Waals surface area contributed by atoms with Crippen molar-refractivity contribution in [3.63, 3.8) is 0 Å². The van der Waals surface area contributed by atoms with Crippen LogP contribution in [0.25, 0.3) is 0 Å². The van der Waals surface area contributed by atoms with Gasteiger partial charge < -0.3 is 19.5 Å². The fourth-order valence-electron chi connectivity index (χ4n) is 3.56. The van der Waals surface area contributed by atoms with Gasteiger partial charge in [-0.05, 0) is 74.5 Å². The summed E-state index contributed by atoms with van der Waals surface area (Å²) in [6.45, 7) is 3.74. The summed E-state index contributed by atoms with van der Waals surface area (Å²) in [5.74, 6) is 1.40. The van der Waals surface area contributed by atoms with E-state index in [2.05, 4.69) is 4.90 Å². The Morgan fingerprint density at radius 1 is 1.11 bits per heavy atom. The molecule has 1 saturated heterocycles. The van der Waals surface area contributed by atoms with Crippen LogP contribution in [-0.4, -0.2) is 43.4 Å². The van der Waals surface area contributed by atoms with Gasteiger partial charge in [-0.15, -0.1) is 0 Å². The lowest BCUT2D eigenvalue weighted by molar-refractivity contribution is 0.163. The second-order valence-electron chi connectivity index (χ2n) is 7.11. The van der Waals surface area contributed by atoms with Crippen LogP contribution < -0.4 is 9.47 Å². The molecular weight excluding hydrogens is 345 g/mol. The summed E-state index contributed by atoms with van der Waals surface area (Å²) >= 11 is 0. The molecule has 2 aromatic carbocycles. The van der Waals surface area contributed by atoms with Gasteiger partial charge in [-0.1, -0.05) is 18.2 Å². The third-order valence-corrected chi connectivity index (χ3v) is 5.29. The lowest BCUT2D eigenvalue weighted by Crippen LogP contribution is -2.35. The van der Waals surface area contributed by atoms with Crippen molar-refractivity contribution in [3.05, 3.63) is 53.8 Å². The van der Waals surface area contributed by atoms with Crippen molar-refractivity contribution < 1.29 is 19.0 Å². The normalized spacial score (nSPS) is 15.6. The summed E-state index contributed by atoms with van der Waals surface area (Å²) < 4.78 is 24.3. The molecule has 1 heterocycles. The molecule has 0 aliphatic carbocycles. The highest BCUT2D eigenvalue weighted by molar-refractivity contribution is 5.41. The molecular formula is C22H28FNO3. The van der Waals surface area contributed by atoms with Crippen LogP contribution in [0.15, 0.2) is 42.5 Å². The average molecular weight is 373 g/mol. The molecule has 1 aliphatic heterocycles. The summed E-state index contributed by atoms with van der Waals surface area (Å²) in [5.41, 5.74) is 1.17. The summed E-state index contributed by atoms with van der Waals surface area (Å²) in [6, 6.07) is 12.1. The first-order chi connectivity index (χ1) is 13.2. The molecule has 0 amide bonds. The van der Waals surface area contributed by atoms with Gasteiger partial charge in [0.15, 0.2) is 23.1 Å². The number of nitrogens with zero attached hydrogens (tertiary/aromatic N) is 1. The van der Waals surface area contributed by atoms with Crippen molar-refractivity contribution in [3.8, 4) is 17.2 Å². The zero-order valence-electron chi connectivity index (χ0n) is 15.9. The van der Waals surface area contributed by atoms with Crippen LogP contribution in [0.1, 0.15) is 24.8 Å². The standard InChI is InChI=1S/C22H28FNO3/c1-26-22-16-18(6-7-20(22)25)10-14-24-12-8-17(9-13-24)11-15-27-21-5-3-2-4-19(21)23/h2-7,16-17,25H,8-15H2,1H3. The van der Waals surface area contributed by atoms with Gasteiger partial charge in [0, 0.05) is 6.54 Å². The maximum Gasteiger partial charge on any atom is 0.165 e. The minimum Gasteiger partial charge on any atom is -0.504 e. The molecule has 0 bridgehead atoms. The van der Waals surface area contributed by atoms with Gasteiger partial charge in [-0.3, -0.25) is 0 Å². The minimum atomic E-state index is -0.293. The van der Waals surface area contributed by atoms with Crippen molar-refractivity contribution in [1.82, 2.24) is 4.90 Å².